The lowest BCUT2D eigenvalue weighted by molar-refractivity contribution is -0.125. The molecule has 0 radical (unpaired) electrons. The number of nitrogens with one attached hydrogen (secondary N) is 1. The third-order valence-corrected chi connectivity index (χ3v) is 7.45. The standard InChI is InChI=1S/C22H26FN3O4S/c1-4-25(5-2)31(29,30)19-10-11-20-17(12-19)13-21(26(20)15(3)27)22(28)24-14-16-6-8-18(23)9-7-16/h6-12,21H,4-5,13-14H2,1-3H3,(H,24,28)/t21-/m1/s1. The number of sulfonamides is 1. The Morgan fingerprint density at radius 3 is 2.35 bits per heavy atom. The van der Waals surface area contributed by atoms with Crippen LogP contribution in [0.3, 0.4) is 0 Å². The van der Waals surface area contributed by atoms with Crippen molar-refractivity contribution in [2.24, 2.45) is 0 Å². The predicted molar refractivity (Wildman–Crippen MR) is 115 cm³/mol. The summed E-state index contributed by atoms with van der Waals surface area (Å²) in [5, 5.41) is 2.78. The van der Waals surface area contributed by atoms with Gasteiger partial charge in [-0.25, -0.2) is 12.8 Å². The molecule has 0 aromatic heterocycles. The minimum Gasteiger partial charge on any atom is -0.350 e. The summed E-state index contributed by atoms with van der Waals surface area (Å²) in [5.41, 5.74) is 1.89. The van der Waals surface area contributed by atoms with E-state index in [-0.39, 0.29) is 35.5 Å². The smallest absolute Gasteiger partial charge is 0.243 e. The molecule has 0 saturated heterocycles. The van der Waals surface area contributed by atoms with E-state index < -0.39 is 16.1 Å². The van der Waals surface area contributed by atoms with Crippen LogP contribution in [0.25, 0.3) is 0 Å². The summed E-state index contributed by atoms with van der Waals surface area (Å²) in [7, 11) is -3.65. The predicted octanol–water partition coefficient (Wildman–Crippen LogP) is 2.45. The summed E-state index contributed by atoms with van der Waals surface area (Å²) in [4.78, 5) is 26.7. The van der Waals surface area contributed by atoms with Crippen LogP contribution >= 0.6 is 0 Å². The summed E-state index contributed by atoms with van der Waals surface area (Å²) < 4.78 is 40.1. The number of anilines is 1. The fourth-order valence-electron chi connectivity index (χ4n) is 3.81. The van der Waals surface area contributed by atoms with Crippen molar-refractivity contribution >= 4 is 27.5 Å². The van der Waals surface area contributed by atoms with Gasteiger partial charge in [0.1, 0.15) is 11.9 Å². The summed E-state index contributed by atoms with van der Waals surface area (Å²) in [6.45, 7) is 5.81. The first-order valence-electron chi connectivity index (χ1n) is 10.1. The topological polar surface area (TPSA) is 86.8 Å². The van der Waals surface area contributed by atoms with Crippen LogP contribution in [0.5, 0.6) is 0 Å². The van der Waals surface area contributed by atoms with Gasteiger partial charge in [-0.1, -0.05) is 26.0 Å². The molecule has 2 aromatic carbocycles. The molecule has 2 amide bonds. The number of carbonyl (C=O) groups is 2. The van der Waals surface area contributed by atoms with Crippen molar-refractivity contribution in [1.29, 1.82) is 0 Å². The third-order valence-electron chi connectivity index (χ3n) is 5.40. The zero-order valence-electron chi connectivity index (χ0n) is 17.8. The number of fused-ring (bicyclic) bond motifs is 1. The molecule has 1 aliphatic heterocycles. The molecule has 0 fully saturated rings. The summed E-state index contributed by atoms with van der Waals surface area (Å²) in [6.07, 6.45) is 0.214. The Hall–Kier alpha value is -2.78. The van der Waals surface area contributed by atoms with Crippen molar-refractivity contribution < 1.29 is 22.4 Å². The first-order valence-corrected chi connectivity index (χ1v) is 11.6. The van der Waals surface area contributed by atoms with Crippen LogP contribution in [0.15, 0.2) is 47.4 Å². The van der Waals surface area contributed by atoms with Gasteiger partial charge in [0.25, 0.3) is 0 Å². The van der Waals surface area contributed by atoms with Gasteiger partial charge in [-0.05, 0) is 41.5 Å². The lowest BCUT2D eigenvalue weighted by Crippen LogP contribution is -2.47. The fourth-order valence-corrected chi connectivity index (χ4v) is 5.32. The maximum atomic E-state index is 13.1. The Balaban J connectivity index is 1.83. The average molecular weight is 448 g/mol. The monoisotopic (exact) mass is 447 g/mol. The first kappa shape index (κ1) is 22.9. The van der Waals surface area contributed by atoms with E-state index in [4.69, 9.17) is 0 Å². The molecular formula is C22H26FN3O4S. The highest BCUT2D eigenvalue weighted by molar-refractivity contribution is 7.89. The van der Waals surface area contributed by atoms with Crippen molar-refractivity contribution in [2.45, 2.75) is 44.7 Å². The Bertz CT molecular complexity index is 1080. The van der Waals surface area contributed by atoms with Gasteiger partial charge >= 0.3 is 0 Å². The molecule has 3 rings (SSSR count). The summed E-state index contributed by atoms with van der Waals surface area (Å²) in [6, 6.07) is 9.60. The van der Waals surface area contributed by atoms with E-state index in [9.17, 15) is 22.4 Å². The van der Waals surface area contributed by atoms with E-state index in [1.807, 2.05) is 0 Å². The normalized spacial score (nSPS) is 15.8. The van der Waals surface area contributed by atoms with Crippen LogP contribution in [0.1, 0.15) is 31.9 Å². The van der Waals surface area contributed by atoms with Crippen LogP contribution < -0.4 is 10.2 Å². The van der Waals surface area contributed by atoms with Crippen molar-refractivity contribution in [1.82, 2.24) is 9.62 Å². The number of halogens is 1. The molecule has 7 nitrogen and oxygen atoms in total. The molecule has 1 heterocycles. The van der Waals surface area contributed by atoms with Gasteiger partial charge in [0.05, 0.1) is 4.90 Å². The van der Waals surface area contributed by atoms with Gasteiger partial charge in [-0.2, -0.15) is 4.31 Å². The molecule has 0 unspecified atom stereocenters. The minimum atomic E-state index is -3.65. The van der Waals surface area contributed by atoms with Crippen molar-refractivity contribution in [3.05, 3.63) is 59.4 Å². The maximum absolute atomic E-state index is 13.1. The molecule has 0 bridgehead atoms. The zero-order chi connectivity index (χ0) is 22.8. The molecule has 1 aliphatic rings. The van der Waals surface area contributed by atoms with Gasteiger partial charge in [-0.15, -0.1) is 0 Å². The van der Waals surface area contributed by atoms with Gasteiger partial charge in [0.2, 0.25) is 21.8 Å². The molecule has 0 spiro atoms. The van der Waals surface area contributed by atoms with Gasteiger partial charge in [-0.3, -0.25) is 14.5 Å². The Kier molecular flexibility index (Phi) is 6.76. The second-order valence-electron chi connectivity index (χ2n) is 7.33. The van der Waals surface area contributed by atoms with Gasteiger partial charge in [0.15, 0.2) is 0 Å². The first-order chi connectivity index (χ1) is 14.7. The second-order valence-corrected chi connectivity index (χ2v) is 9.27. The number of carbonyl (C=O) groups excluding carboxylic acids is 2. The van der Waals surface area contributed by atoms with Crippen molar-refractivity contribution in [3.8, 4) is 0 Å². The lowest BCUT2D eigenvalue weighted by Gasteiger charge is -2.23. The lowest BCUT2D eigenvalue weighted by atomic mass is 10.1. The highest BCUT2D eigenvalue weighted by Crippen LogP contribution is 2.35. The largest absolute Gasteiger partial charge is 0.350 e. The van der Waals surface area contributed by atoms with Gasteiger partial charge in [0, 0.05) is 38.7 Å². The van der Waals surface area contributed by atoms with Gasteiger partial charge < -0.3 is 5.32 Å². The van der Waals surface area contributed by atoms with E-state index >= 15 is 0 Å². The minimum absolute atomic E-state index is 0.144. The van der Waals surface area contributed by atoms with Crippen LogP contribution in [0, 0.1) is 5.82 Å². The molecular weight excluding hydrogens is 421 g/mol. The van der Waals surface area contributed by atoms with Crippen molar-refractivity contribution in [2.75, 3.05) is 18.0 Å². The highest BCUT2D eigenvalue weighted by atomic mass is 32.2. The van der Waals surface area contributed by atoms with E-state index in [1.165, 1.54) is 34.3 Å². The van der Waals surface area contributed by atoms with Crippen LogP contribution in [-0.4, -0.2) is 43.7 Å². The number of benzene rings is 2. The molecule has 0 saturated carbocycles. The van der Waals surface area contributed by atoms with E-state index in [2.05, 4.69) is 5.32 Å². The second kappa shape index (κ2) is 9.15. The fraction of sp³-hybridized carbons (Fsp3) is 0.364. The van der Waals surface area contributed by atoms with Crippen LogP contribution in [-0.2, 0) is 32.6 Å². The quantitative estimate of drug-likeness (QED) is 0.706. The molecule has 1 N–H and O–H groups in total. The Morgan fingerprint density at radius 2 is 1.77 bits per heavy atom. The number of amides is 2. The van der Waals surface area contributed by atoms with E-state index in [1.54, 1.807) is 38.1 Å². The Morgan fingerprint density at radius 1 is 1.13 bits per heavy atom. The molecule has 9 heteroatoms. The number of hydrogen-bond donors (Lipinski definition) is 1. The maximum Gasteiger partial charge on any atom is 0.243 e. The van der Waals surface area contributed by atoms with E-state index in [0.717, 1.165) is 5.56 Å². The van der Waals surface area contributed by atoms with E-state index in [0.29, 0.717) is 24.3 Å². The molecule has 31 heavy (non-hydrogen) atoms. The number of nitrogens with zero attached hydrogens (tertiary/aromatic N) is 2. The van der Waals surface area contributed by atoms with Crippen LogP contribution in [0.4, 0.5) is 10.1 Å². The summed E-state index contributed by atoms with van der Waals surface area (Å²) in [5.74, 6) is -1.02. The van der Waals surface area contributed by atoms with Crippen molar-refractivity contribution in [3.63, 3.8) is 0 Å². The Labute approximate surface area is 181 Å². The average Bonchev–Trinajstić information content (AvgIpc) is 3.13. The number of rotatable bonds is 7. The molecule has 166 valence electrons. The molecule has 0 aliphatic carbocycles. The highest BCUT2D eigenvalue weighted by Gasteiger charge is 2.37. The molecule has 2 aromatic rings. The third kappa shape index (κ3) is 4.62. The SMILES string of the molecule is CCN(CC)S(=O)(=O)c1ccc2c(c1)C[C@H](C(=O)NCc1ccc(F)cc1)N2C(C)=O. The number of hydrogen-bond acceptors (Lipinski definition) is 4. The zero-order valence-corrected chi connectivity index (χ0v) is 18.6. The van der Waals surface area contributed by atoms with Crippen LogP contribution in [0.2, 0.25) is 0 Å². The molecule has 1 atom stereocenters. The summed E-state index contributed by atoms with van der Waals surface area (Å²) >= 11 is 0.